The van der Waals surface area contributed by atoms with Gasteiger partial charge in [0.15, 0.2) is 0 Å². The van der Waals surface area contributed by atoms with Crippen molar-refractivity contribution in [3.63, 3.8) is 0 Å². The van der Waals surface area contributed by atoms with Gasteiger partial charge >= 0.3 is 0 Å². The SMILES string of the molecule is c1ccc(-c2cccc(-c3cccc(-c4cc(-c5ccccc5)cc5c4[nH]c4c(-c6ccccn6)cc(-c6ccccc6)cc45)n3)c2)cc1. The molecular weight excluding hydrogens is 595 g/mol. The summed E-state index contributed by atoms with van der Waals surface area (Å²) in [6, 6.07) is 61.9. The number of pyridine rings is 2. The van der Waals surface area contributed by atoms with Crippen LogP contribution in [0.2, 0.25) is 0 Å². The van der Waals surface area contributed by atoms with Gasteiger partial charge in [-0.2, -0.15) is 0 Å². The average Bonchev–Trinajstić information content (AvgIpc) is 3.57. The predicted octanol–water partition coefficient (Wildman–Crippen LogP) is 12.1. The van der Waals surface area contributed by atoms with E-state index in [1.165, 1.54) is 16.7 Å². The van der Waals surface area contributed by atoms with Gasteiger partial charge in [-0.05, 0) is 88.0 Å². The second-order valence-electron chi connectivity index (χ2n) is 12.3. The number of nitrogens with zero attached hydrogens (tertiary/aromatic N) is 2. The maximum Gasteiger partial charge on any atom is 0.0730 e. The highest BCUT2D eigenvalue weighted by molar-refractivity contribution is 6.17. The van der Waals surface area contributed by atoms with Gasteiger partial charge in [-0.15, -0.1) is 0 Å². The van der Waals surface area contributed by atoms with Gasteiger partial charge < -0.3 is 4.98 Å². The molecule has 0 aliphatic carbocycles. The molecular formula is C46H31N3. The number of fused-ring (bicyclic) bond motifs is 3. The van der Waals surface area contributed by atoms with Crippen molar-refractivity contribution in [2.24, 2.45) is 0 Å². The summed E-state index contributed by atoms with van der Waals surface area (Å²) >= 11 is 0. The first-order valence-electron chi connectivity index (χ1n) is 16.6. The molecule has 3 heterocycles. The van der Waals surface area contributed by atoms with Crippen molar-refractivity contribution in [1.82, 2.24) is 15.0 Å². The average molecular weight is 626 g/mol. The molecule has 49 heavy (non-hydrogen) atoms. The van der Waals surface area contributed by atoms with Crippen LogP contribution in [0, 0.1) is 0 Å². The zero-order chi connectivity index (χ0) is 32.6. The number of hydrogen-bond acceptors (Lipinski definition) is 2. The Hall–Kier alpha value is -6.58. The van der Waals surface area contributed by atoms with Gasteiger partial charge in [0.25, 0.3) is 0 Å². The zero-order valence-electron chi connectivity index (χ0n) is 26.7. The summed E-state index contributed by atoms with van der Waals surface area (Å²) in [7, 11) is 0. The summed E-state index contributed by atoms with van der Waals surface area (Å²) in [6.45, 7) is 0. The van der Waals surface area contributed by atoms with Gasteiger partial charge in [0.05, 0.1) is 28.1 Å². The Morgan fingerprint density at radius 3 is 1.39 bits per heavy atom. The fourth-order valence-corrected chi connectivity index (χ4v) is 6.86. The van der Waals surface area contributed by atoms with Crippen molar-refractivity contribution in [3.8, 4) is 67.2 Å². The highest BCUT2D eigenvalue weighted by Crippen LogP contribution is 2.42. The molecule has 0 aliphatic rings. The molecule has 0 spiro atoms. The lowest BCUT2D eigenvalue weighted by Gasteiger charge is -2.11. The van der Waals surface area contributed by atoms with Crippen LogP contribution < -0.4 is 0 Å². The first-order valence-corrected chi connectivity index (χ1v) is 16.6. The third kappa shape index (κ3) is 5.38. The number of H-pyrrole nitrogens is 1. The van der Waals surface area contributed by atoms with E-state index in [1.54, 1.807) is 0 Å². The number of benzene rings is 6. The number of rotatable bonds is 6. The Balaban J connectivity index is 1.29. The fraction of sp³-hybridized carbons (Fsp3) is 0. The molecule has 0 aliphatic heterocycles. The van der Waals surface area contributed by atoms with Crippen molar-refractivity contribution in [1.29, 1.82) is 0 Å². The Morgan fingerprint density at radius 1 is 0.327 bits per heavy atom. The maximum absolute atomic E-state index is 5.32. The lowest BCUT2D eigenvalue weighted by molar-refractivity contribution is 1.32. The maximum atomic E-state index is 5.32. The Kier molecular flexibility index (Phi) is 7.14. The molecule has 0 unspecified atom stereocenters. The van der Waals surface area contributed by atoms with Gasteiger partial charge in [0.2, 0.25) is 0 Å². The summed E-state index contributed by atoms with van der Waals surface area (Å²) in [6.07, 6.45) is 1.86. The monoisotopic (exact) mass is 625 g/mol. The molecule has 0 fully saturated rings. The normalized spacial score (nSPS) is 11.3. The third-order valence-electron chi connectivity index (χ3n) is 9.26. The minimum absolute atomic E-state index is 0.916. The second kappa shape index (κ2) is 12.2. The molecule has 3 aromatic heterocycles. The Morgan fingerprint density at radius 2 is 0.796 bits per heavy atom. The smallest absolute Gasteiger partial charge is 0.0730 e. The van der Waals surface area contributed by atoms with Crippen molar-refractivity contribution in [2.75, 3.05) is 0 Å². The molecule has 3 nitrogen and oxygen atoms in total. The first kappa shape index (κ1) is 28.6. The second-order valence-corrected chi connectivity index (χ2v) is 12.3. The largest absolute Gasteiger partial charge is 0.353 e. The topological polar surface area (TPSA) is 41.6 Å². The van der Waals surface area contributed by atoms with E-state index in [2.05, 4.69) is 169 Å². The molecule has 0 atom stereocenters. The van der Waals surface area contributed by atoms with E-state index in [4.69, 9.17) is 9.97 Å². The van der Waals surface area contributed by atoms with Gasteiger partial charge in [-0.1, -0.05) is 121 Å². The minimum Gasteiger partial charge on any atom is -0.353 e. The van der Waals surface area contributed by atoms with E-state index in [0.717, 1.165) is 72.3 Å². The molecule has 0 bridgehead atoms. The lowest BCUT2D eigenvalue weighted by Crippen LogP contribution is -1.91. The third-order valence-corrected chi connectivity index (χ3v) is 9.26. The molecule has 230 valence electrons. The molecule has 1 N–H and O–H groups in total. The lowest BCUT2D eigenvalue weighted by atomic mass is 9.95. The number of nitrogens with one attached hydrogen (secondary N) is 1. The van der Waals surface area contributed by atoms with Gasteiger partial charge in [-0.3, -0.25) is 4.98 Å². The predicted molar refractivity (Wildman–Crippen MR) is 204 cm³/mol. The van der Waals surface area contributed by atoms with Crippen LogP contribution in [0.3, 0.4) is 0 Å². The first-order chi connectivity index (χ1) is 24.3. The van der Waals surface area contributed by atoms with E-state index in [9.17, 15) is 0 Å². The molecule has 0 saturated heterocycles. The van der Waals surface area contributed by atoms with Crippen LogP contribution in [0.15, 0.2) is 182 Å². The van der Waals surface area contributed by atoms with Crippen molar-refractivity contribution >= 4 is 21.8 Å². The van der Waals surface area contributed by atoms with Gasteiger partial charge in [-0.25, -0.2) is 4.98 Å². The molecule has 0 amide bonds. The quantitative estimate of drug-likeness (QED) is 0.200. The standard InChI is InChI=1S/C46H31N3/c1-4-14-31(15-5-1)34-20-12-21-35(26-34)42-23-13-24-44(48-42)41-30-37(33-18-8-3-9-19-33)28-39-38-27-36(32-16-6-2-7-17-32)29-40(45(38)49-46(39)41)43-22-10-11-25-47-43/h1-30,49H. The Labute approximate surface area is 285 Å². The summed E-state index contributed by atoms with van der Waals surface area (Å²) < 4.78 is 0. The van der Waals surface area contributed by atoms with Crippen LogP contribution in [-0.2, 0) is 0 Å². The van der Waals surface area contributed by atoms with E-state index in [0.29, 0.717) is 0 Å². The van der Waals surface area contributed by atoms with Crippen LogP contribution in [-0.4, -0.2) is 15.0 Å². The molecule has 9 aromatic rings. The van der Waals surface area contributed by atoms with Crippen molar-refractivity contribution < 1.29 is 0 Å². The molecule has 0 saturated carbocycles. The van der Waals surface area contributed by atoms with Crippen LogP contribution in [0.5, 0.6) is 0 Å². The van der Waals surface area contributed by atoms with Gasteiger partial charge in [0, 0.05) is 33.7 Å². The van der Waals surface area contributed by atoms with E-state index in [1.807, 2.05) is 18.3 Å². The highest BCUT2D eigenvalue weighted by Gasteiger charge is 2.19. The summed E-state index contributed by atoms with van der Waals surface area (Å²) in [5, 5.41) is 2.31. The van der Waals surface area contributed by atoms with Crippen LogP contribution in [0.25, 0.3) is 89.0 Å². The Bertz CT molecular complexity index is 2570. The van der Waals surface area contributed by atoms with Crippen LogP contribution >= 0.6 is 0 Å². The van der Waals surface area contributed by atoms with Gasteiger partial charge in [0.1, 0.15) is 0 Å². The van der Waals surface area contributed by atoms with Crippen molar-refractivity contribution in [3.05, 3.63) is 182 Å². The minimum atomic E-state index is 0.916. The van der Waals surface area contributed by atoms with Crippen LogP contribution in [0.1, 0.15) is 0 Å². The fourth-order valence-electron chi connectivity index (χ4n) is 6.86. The summed E-state index contributed by atoms with van der Waals surface area (Å²) in [5.41, 5.74) is 15.1. The zero-order valence-corrected chi connectivity index (χ0v) is 26.7. The van der Waals surface area contributed by atoms with E-state index < -0.39 is 0 Å². The number of hydrogen-bond donors (Lipinski definition) is 1. The number of aromatic nitrogens is 3. The van der Waals surface area contributed by atoms with Crippen molar-refractivity contribution in [2.45, 2.75) is 0 Å². The van der Waals surface area contributed by atoms with E-state index in [-0.39, 0.29) is 0 Å². The molecule has 0 radical (unpaired) electrons. The summed E-state index contributed by atoms with van der Waals surface area (Å²) in [5.74, 6) is 0. The number of aromatic amines is 1. The molecule has 6 aromatic carbocycles. The van der Waals surface area contributed by atoms with Crippen LogP contribution in [0.4, 0.5) is 0 Å². The molecule has 9 rings (SSSR count). The summed E-state index contributed by atoms with van der Waals surface area (Å²) in [4.78, 5) is 14.0. The molecule has 3 heteroatoms. The van der Waals surface area contributed by atoms with E-state index >= 15 is 0 Å². The highest BCUT2D eigenvalue weighted by atomic mass is 14.8.